The molecule has 3 nitrogen and oxygen atoms in total. The second-order valence-electron chi connectivity index (χ2n) is 5.75. The fraction of sp³-hybridized carbons (Fsp3) is 0.769. The van der Waals surface area contributed by atoms with E-state index in [0.717, 1.165) is 18.6 Å². The number of aromatic nitrogens is 1. The summed E-state index contributed by atoms with van der Waals surface area (Å²) in [4.78, 5) is 4.12. The maximum Gasteiger partial charge on any atom is 0.206 e. The predicted molar refractivity (Wildman–Crippen MR) is 69.1 cm³/mol. The Labute approximate surface area is 105 Å². The molecule has 0 saturated heterocycles. The lowest BCUT2D eigenvalue weighted by molar-refractivity contribution is 0.247. The van der Waals surface area contributed by atoms with Crippen LogP contribution in [-0.2, 0) is 16.6 Å². The van der Waals surface area contributed by atoms with Crippen molar-refractivity contribution >= 4 is 10.8 Å². The highest BCUT2D eigenvalue weighted by atomic mass is 32.2. The highest BCUT2D eigenvalue weighted by Gasteiger charge is 2.30. The predicted octanol–water partition coefficient (Wildman–Crippen LogP) is 3.20. The van der Waals surface area contributed by atoms with Crippen LogP contribution in [0.2, 0.25) is 0 Å². The summed E-state index contributed by atoms with van der Waals surface area (Å²) in [5, 5.41) is 0.329. The molecule has 0 spiro atoms. The van der Waals surface area contributed by atoms with Crippen LogP contribution in [0.3, 0.4) is 0 Å². The van der Waals surface area contributed by atoms with Gasteiger partial charge in [0, 0.05) is 16.0 Å². The Morgan fingerprint density at radius 1 is 1.47 bits per heavy atom. The first kappa shape index (κ1) is 12.8. The van der Waals surface area contributed by atoms with E-state index in [1.54, 1.807) is 6.20 Å². The van der Waals surface area contributed by atoms with E-state index in [2.05, 4.69) is 18.8 Å². The number of hydrogen-bond acceptors (Lipinski definition) is 3. The second kappa shape index (κ2) is 4.92. The third-order valence-corrected chi connectivity index (χ3v) is 5.34. The summed E-state index contributed by atoms with van der Waals surface area (Å²) in [5.74, 6) is 1.88. The van der Waals surface area contributed by atoms with Crippen molar-refractivity contribution in [2.24, 2.45) is 5.41 Å². The van der Waals surface area contributed by atoms with Gasteiger partial charge in [-0.05, 0) is 38.0 Å². The monoisotopic (exact) mass is 255 g/mol. The van der Waals surface area contributed by atoms with Crippen LogP contribution in [0.5, 0.6) is 0 Å². The van der Waals surface area contributed by atoms with E-state index in [1.807, 2.05) is 6.92 Å². The van der Waals surface area contributed by atoms with E-state index in [9.17, 15) is 4.21 Å². The number of aryl methyl sites for hydroxylation is 1. The average Bonchev–Trinajstić information content (AvgIpc) is 2.63. The molecule has 0 aliphatic heterocycles. The molecule has 1 fully saturated rings. The van der Waals surface area contributed by atoms with Gasteiger partial charge in [0.1, 0.15) is 11.5 Å². The topological polar surface area (TPSA) is 43.1 Å². The van der Waals surface area contributed by atoms with E-state index < -0.39 is 10.8 Å². The Hall–Kier alpha value is -0.640. The zero-order valence-corrected chi connectivity index (χ0v) is 11.7. The smallest absolute Gasteiger partial charge is 0.206 e. The highest BCUT2D eigenvalue weighted by Crippen LogP contribution is 2.37. The number of rotatable bonds is 3. The lowest BCUT2D eigenvalue weighted by atomic mass is 9.77. The molecule has 0 N–H and O–H groups in total. The first-order valence-corrected chi connectivity index (χ1v) is 7.63. The number of hydrogen-bond donors (Lipinski definition) is 0. The van der Waals surface area contributed by atoms with Crippen molar-refractivity contribution in [3.8, 4) is 0 Å². The molecule has 17 heavy (non-hydrogen) atoms. The molecule has 1 aromatic rings. The minimum absolute atomic E-state index is 0.329. The first-order chi connectivity index (χ1) is 7.96. The van der Waals surface area contributed by atoms with Gasteiger partial charge in [-0.1, -0.05) is 13.8 Å². The third kappa shape index (κ3) is 3.41. The SMILES string of the molecule is Cc1cnc(C[S@@](=O)C2CCC(C)(C)CC2)o1. The van der Waals surface area contributed by atoms with Crippen molar-refractivity contribution in [1.29, 1.82) is 0 Å². The van der Waals surface area contributed by atoms with Crippen LogP contribution in [0.15, 0.2) is 10.6 Å². The average molecular weight is 255 g/mol. The zero-order chi connectivity index (χ0) is 12.5. The fourth-order valence-electron chi connectivity index (χ4n) is 2.34. The van der Waals surface area contributed by atoms with Gasteiger partial charge in [-0.25, -0.2) is 4.98 Å². The van der Waals surface area contributed by atoms with Crippen molar-refractivity contribution < 1.29 is 8.63 Å². The van der Waals surface area contributed by atoms with E-state index >= 15 is 0 Å². The quantitative estimate of drug-likeness (QED) is 0.833. The third-order valence-electron chi connectivity index (χ3n) is 3.59. The van der Waals surface area contributed by atoms with Crippen molar-refractivity contribution in [3.63, 3.8) is 0 Å². The maximum absolute atomic E-state index is 12.2. The molecule has 2 rings (SSSR count). The van der Waals surface area contributed by atoms with E-state index in [1.165, 1.54) is 12.8 Å². The van der Waals surface area contributed by atoms with Gasteiger partial charge in [0.05, 0.1) is 6.20 Å². The standard InChI is InChI=1S/C13H21NO2S/c1-10-8-14-12(16-10)9-17(15)11-4-6-13(2,3)7-5-11/h8,11H,4-7,9H2,1-3H3/t17-/m1/s1. The van der Waals surface area contributed by atoms with Crippen LogP contribution in [0.1, 0.15) is 51.2 Å². The highest BCUT2D eigenvalue weighted by molar-refractivity contribution is 7.84. The van der Waals surface area contributed by atoms with Gasteiger partial charge in [0.15, 0.2) is 0 Å². The lowest BCUT2D eigenvalue weighted by Crippen LogP contribution is -2.28. The molecule has 1 atom stereocenters. The van der Waals surface area contributed by atoms with Crippen LogP contribution in [-0.4, -0.2) is 14.4 Å². The fourth-order valence-corrected chi connectivity index (χ4v) is 3.72. The summed E-state index contributed by atoms with van der Waals surface area (Å²) >= 11 is 0. The molecule has 0 amide bonds. The van der Waals surface area contributed by atoms with Crippen molar-refractivity contribution in [2.75, 3.05) is 0 Å². The van der Waals surface area contributed by atoms with Crippen molar-refractivity contribution in [1.82, 2.24) is 4.98 Å². The normalized spacial score (nSPS) is 22.5. The molecule has 0 unspecified atom stereocenters. The van der Waals surface area contributed by atoms with Gasteiger partial charge in [0.25, 0.3) is 0 Å². The summed E-state index contributed by atoms with van der Waals surface area (Å²) in [6, 6.07) is 0. The molecule has 1 aliphatic rings. The molecule has 4 heteroatoms. The maximum atomic E-state index is 12.2. The molecule has 1 aromatic heterocycles. The molecule has 1 aliphatic carbocycles. The summed E-state index contributed by atoms with van der Waals surface area (Å²) in [6.07, 6.45) is 6.18. The molecule has 1 heterocycles. The van der Waals surface area contributed by atoms with Gasteiger partial charge in [-0.2, -0.15) is 0 Å². The zero-order valence-electron chi connectivity index (χ0n) is 10.9. The van der Waals surface area contributed by atoms with Gasteiger partial charge in [0.2, 0.25) is 5.89 Å². The van der Waals surface area contributed by atoms with Gasteiger partial charge in [-0.15, -0.1) is 0 Å². The van der Waals surface area contributed by atoms with Crippen molar-refractivity contribution in [2.45, 2.75) is 57.5 Å². The summed E-state index contributed by atoms with van der Waals surface area (Å²) in [6.45, 7) is 6.45. The molecule has 96 valence electrons. The van der Waals surface area contributed by atoms with Gasteiger partial charge in [-0.3, -0.25) is 4.21 Å². The minimum atomic E-state index is -0.834. The summed E-state index contributed by atoms with van der Waals surface area (Å²) < 4.78 is 17.6. The Balaban J connectivity index is 1.89. The summed E-state index contributed by atoms with van der Waals surface area (Å²) in [7, 11) is -0.834. The van der Waals surface area contributed by atoms with E-state index in [0.29, 0.717) is 22.3 Å². The van der Waals surface area contributed by atoms with Crippen LogP contribution in [0.25, 0.3) is 0 Å². The van der Waals surface area contributed by atoms with Crippen LogP contribution in [0.4, 0.5) is 0 Å². The Bertz CT molecular complexity index is 401. The number of nitrogens with zero attached hydrogens (tertiary/aromatic N) is 1. The Morgan fingerprint density at radius 2 is 2.12 bits per heavy atom. The first-order valence-electron chi connectivity index (χ1n) is 6.25. The lowest BCUT2D eigenvalue weighted by Gasteiger charge is -2.33. The van der Waals surface area contributed by atoms with Crippen molar-refractivity contribution in [3.05, 3.63) is 17.8 Å². The molecule has 1 saturated carbocycles. The Morgan fingerprint density at radius 3 is 2.65 bits per heavy atom. The van der Waals surface area contributed by atoms with E-state index in [-0.39, 0.29) is 0 Å². The van der Waals surface area contributed by atoms with Gasteiger partial charge < -0.3 is 4.42 Å². The molecular weight excluding hydrogens is 234 g/mol. The number of oxazole rings is 1. The van der Waals surface area contributed by atoms with E-state index in [4.69, 9.17) is 4.42 Å². The second-order valence-corrected chi connectivity index (χ2v) is 7.47. The molecular formula is C13H21NO2S. The molecule has 0 bridgehead atoms. The Kier molecular flexibility index (Phi) is 3.71. The summed E-state index contributed by atoms with van der Waals surface area (Å²) in [5.41, 5.74) is 0.431. The van der Waals surface area contributed by atoms with Crippen LogP contribution < -0.4 is 0 Å². The van der Waals surface area contributed by atoms with Crippen LogP contribution in [0, 0.1) is 12.3 Å². The van der Waals surface area contributed by atoms with Crippen LogP contribution >= 0.6 is 0 Å². The minimum Gasteiger partial charge on any atom is -0.445 e. The molecule has 0 aromatic carbocycles. The molecule has 0 radical (unpaired) electrons. The van der Waals surface area contributed by atoms with Gasteiger partial charge >= 0.3 is 0 Å². The largest absolute Gasteiger partial charge is 0.445 e.